The summed E-state index contributed by atoms with van der Waals surface area (Å²) in [5, 5.41) is 3.46. The fourth-order valence-electron chi connectivity index (χ4n) is 2.92. The van der Waals surface area contributed by atoms with Crippen molar-refractivity contribution >= 4 is 5.69 Å². The van der Waals surface area contributed by atoms with Gasteiger partial charge in [0.25, 0.3) is 0 Å². The van der Waals surface area contributed by atoms with E-state index in [0.717, 1.165) is 12.1 Å². The summed E-state index contributed by atoms with van der Waals surface area (Å²) in [6, 6.07) is 13.5. The maximum Gasteiger partial charge on any atom is 0.170 e. The van der Waals surface area contributed by atoms with Gasteiger partial charge in [0, 0.05) is 11.3 Å². The molecule has 2 nitrogen and oxygen atoms in total. The summed E-state index contributed by atoms with van der Waals surface area (Å²) >= 11 is 0. The molecule has 0 saturated heterocycles. The Labute approximate surface area is 118 Å². The van der Waals surface area contributed by atoms with Crippen LogP contribution < -0.4 is 10.1 Å². The molecular weight excluding hydrogens is 253 g/mol. The SMILES string of the molecule is COc1cccc(C2Nc3ccccc3CC2C)c1F. The van der Waals surface area contributed by atoms with Gasteiger partial charge >= 0.3 is 0 Å². The topological polar surface area (TPSA) is 21.3 Å². The maximum absolute atomic E-state index is 14.4. The van der Waals surface area contributed by atoms with Crippen LogP contribution in [0.2, 0.25) is 0 Å². The zero-order chi connectivity index (χ0) is 14.1. The second kappa shape index (κ2) is 5.16. The number of rotatable bonds is 2. The second-order valence-electron chi connectivity index (χ2n) is 5.32. The first-order valence-corrected chi connectivity index (χ1v) is 6.87. The Balaban J connectivity index is 1.99. The summed E-state index contributed by atoms with van der Waals surface area (Å²) in [5.74, 6) is 0.362. The van der Waals surface area contributed by atoms with E-state index >= 15 is 0 Å². The molecule has 0 fully saturated rings. The van der Waals surface area contributed by atoms with Crippen molar-refractivity contribution in [2.24, 2.45) is 5.92 Å². The van der Waals surface area contributed by atoms with Crippen molar-refractivity contribution in [3.8, 4) is 5.75 Å². The molecule has 0 aliphatic carbocycles. The third kappa shape index (κ3) is 2.13. The fraction of sp³-hybridized carbons (Fsp3) is 0.294. The van der Waals surface area contributed by atoms with Gasteiger partial charge < -0.3 is 10.1 Å². The number of methoxy groups -OCH3 is 1. The summed E-state index contributed by atoms with van der Waals surface area (Å²) in [6.45, 7) is 2.15. The highest BCUT2D eigenvalue weighted by Crippen LogP contribution is 2.38. The number of benzene rings is 2. The predicted molar refractivity (Wildman–Crippen MR) is 78.6 cm³/mol. The first-order valence-electron chi connectivity index (χ1n) is 6.87. The molecule has 104 valence electrons. The molecule has 1 N–H and O–H groups in total. The van der Waals surface area contributed by atoms with Crippen molar-refractivity contribution in [3.63, 3.8) is 0 Å². The number of anilines is 1. The quantitative estimate of drug-likeness (QED) is 0.884. The minimum absolute atomic E-state index is 0.0278. The lowest BCUT2D eigenvalue weighted by atomic mass is 9.84. The normalized spacial score (nSPS) is 20.9. The fourth-order valence-corrected chi connectivity index (χ4v) is 2.92. The Morgan fingerprint density at radius 3 is 2.75 bits per heavy atom. The molecule has 1 aliphatic rings. The minimum Gasteiger partial charge on any atom is -0.494 e. The van der Waals surface area contributed by atoms with Crippen LogP contribution in [0, 0.1) is 11.7 Å². The number of hydrogen-bond donors (Lipinski definition) is 1. The molecule has 2 unspecified atom stereocenters. The van der Waals surface area contributed by atoms with Crippen molar-refractivity contribution in [3.05, 3.63) is 59.4 Å². The highest BCUT2D eigenvalue weighted by atomic mass is 19.1. The first kappa shape index (κ1) is 13.0. The molecule has 0 amide bonds. The highest BCUT2D eigenvalue weighted by molar-refractivity contribution is 5.55. The number of fused-ring (bicyclic) bond motifs is 1. The van der Waals surface area contributed by atoms with Gasteiger partial charge in [-0.2, -0.15) is 0 Å². The van der Waals surface area contributed by atoms with Gasteiger partial charge in [0.1, 0.15) is 0 Å². The lowest BCUT2D eigenvalue weighted by Gasteiger charge is -2.33. The van der Waals surface area contributed by atoms with E-state index in [2.05, 4.69) is 18.3 Å². The maximum atomic E-state index is 14.4. The molecule has 0 spiro atoms. The van der Waals surface area contributed by atoms with Crippen LogP contribution >= 0.6 is 0 Å². The van der Waals surface area contributed by atoms with Crippen LogP contribution in [0.25, 0.3) is 0 Å². The zero-order valence-electron chi connectivity index (χ0n) is 11.7. The van der Waals surface area contributed by atoms with E-state index in [-0.39, 0.29) is 11.9 Å². The smallest absolute Gasteiger partial charge is 0.170 e. The largest absolute Gasteiger partial charge is 0.494 e. The number of ether oxygens (including phenoxy) is 1. The van der Waals surface area contributed by atoms with Crippen LogP contribution in [-0.2, 0) is 6.42 Å². The van der Waals surface area contributed by atoms with Gasteiger partial charge in [-0.1, -0.05) is 37.3 Å². The Hall–Kier alpha value is -2.03. The second-order valence-corrected chi connectivity index (χ2v) is 5.32. The molecule has 2 atom stereocenters. The van der Waals surface area contributed by atoms with Crippen LogP contribution in [0.5, 0.6) is 5.75 Å². The molecular formula is C17H18FNO. The third-order valence-corrected chi connectivity index (χ3v) is 3.99. The summed E-state index contributed by atoms with van der Waals surface area (Å²) < 4.78 is 19.5. The molecule has 2 aromatic carbocycles. The molecule has 0 bridgehead atoms. The van der Waals surface area contributed by atoms with E-state index in [9.17, 15) is 4.39 Å². The average molecular weight is 271 g/mol. The molecule has 3 rings (SSSR count). The molecule has 3 heteroatoms. The van der Waals surface area contributed by atoms with Crippen molar-refractivity contribution in [2.75, 3.05) is 12.4 Å². The number of para-hydroxylation sites is 1. The van der Waals surface area contributed by atoms with Crippen LogP contribution in [0.4, 0.5) is 10.1 Å². The van der Waals surface area contributed by atoms with Gasteiger partial charge in [-0.05, 0) is 30.0 Å². The van der Waals surface area contributed by atoms with Gasteiger partial charge in [0.15, 0.2) is 11.6 Å². The summed E-state index contributed by atoms with van der Waals surface area (Å²) in [6.07, 6.45) is 0.949. The Morgan fingerprint density at radius 1 is 1.15 bits per heavy atom. The Bertz CT molecular complexity index is 626. The van der Waals surface area contributed by atoms with Crippen LogP contribution in [0.3, 0.4) is 0 Å². The van der Waals surface area contributed by atoms with Crippen molar-refractivity contribution in [2.45, 2.75) is 19.4 Å². The van der Waals surface area contributed by atoms with Gasteiger partial charge in [-0.25, -0.2) is 4.39 Å². The monoisotopic (exact) mass is 271 g/mol. The number of hydrogen-bond acceptors (Lipinski definition) is 2. The summed E-state index contributed by atoms with van der Waals surface area (Å²) in [4.78, 5) is 0. The zero-order valence-corrected chi connectivity index (χ0v) is 11.7. The molecule has 1 aliphatic heterocycles. The van der Waals surface area contributed by atoms with Gasteiger partial charge in [-0.3, -0.25) is 0 Å². The molecule has 0 aromatic heterocycles. The average Bonchev–Trinajstić information content (AvgIpc) is 2.47. The molecule has 20 heavy (non-hydrogen) atoms. The molecule has 1 heterocycles. The molecule has 0 radical (unpaired) electrons. The molecule has 0 saturated carbocycles. The Morgan fingerprint density at radius 2 is 1.95 bits per heavy atom. The van der Waals surface area contributed by atoms with Gasteiger partial charge in [0.05, 0.1) is 13.2 Å². The van der Waals surface area contributed by atoms with E-state index < -0.39 is 0 Å². The standard InChI is InChI=1S/C17H18FNO/c1-11-10-12-6-3-4-8-14(12)19-17(11)13-7-5-9-15(20-2)16(13)18/h3-9,11,17,19H,10H2,1-2H3. The highest BCUT2D eigenvalue weighted by Gasteiger charge is 2.28. The predicted octanol–water partition coefficient (Wildman–Crippen LogP) is 4.18. The summed E-state index contributed by atoms with van der Waals surface area (Å²) in [7, 11) is 1.50. The van der Waals surface area contributed by atoms with Crippen molar-refractivity contribution in [1.29, 1.82) is 0 Å². The minimum atomic E-state index is -0.265. The van der Waals surface area contributed by atoms with E-state index in [4.69, 9.17) is 4.74 Å². The van der Waals surface area contributed by atoms with E-state index in [0.29, 0.717) is 17.2 Å². The lowest BCUT2D eigenvalue weighted by molar-refractivity contribution is 0.377. The van der Waals surface area contributed by atoms with E-state index in [1.165, 1.54) is 12.7 Å². The van der Waals surface area contributed by atoms with Gasteiger partial charge in [-0.15, -0.1) is 0 Å². The van der Waals surface area contributed by atoms with Crippen LogP contribution in [0.1, 0.15) is 24.1 Å². The number of halogens is 1. The number of nitrogens with one attached hydrogen (secondary N) is 1. The van der Waals surface area contributed by atoms with E-state index in [1.807, 2.05) is 30.3 Å². The first-order chi connectivity index (χ1) is 9.70. The lowest BCUT2D eigenvalue weighted by Crippen LogP contribution is -2.26. The van der Waals surface area contributed by atoms with Gasteiger partial charge in [0.2, 0.25) is 0 Å². The Kier molecular flexibility index (Phi) is 3.35. The van der Waals surface area contributed by atoms with Crippen LogP contribution in [-0.4, -0.2) is 7.11 Å². The summed E-state index contributed by atoms with van der Waals surface area (Å²) in [5.41, 5.74) is 3.06. The molecule has 2 aromatic rings. The van der Waals surface area contributed by atoms with Crippen LogP contribution in [0.15, 0.2) is 42.5 Å². The van der Waals surface area contributed by atoms with Crippen molar-refractivity contribution in [1.82, 2.24) is 0 Å². The van der Waals surface area contributed by atoms with E-state index in [1.54, 1.807) is 6.07 Å². The van der Waals surface area contributed by atoms with Crippen molar-refractivity contribution < 1.29 is 9.13 Å². The third-order valence-electron chi connectivity index (χ3n) is 3.99.